The number of hydrogen-bond acceptors (Lipinski definition) is 6. The second kappa shape index (κ2) is 8.74. The van der Waals surface area contributed by atoms with E-state index >= 15 is 0 Å². The number of anilines is 1. The molecule has 0 spiro atoms. The fourth-order valence-corrected chi connectivity index (χ4v) is 4.17. The number of aliphatic hydroxyl groups is 1. The van der Waals surface area contributed by atoms with Gasteiger partial charge in [-0.3, -0.25) is 14.5 Å². The van der Waals surface area contributed by atoms with Crippen molar-refractivity contribution in [2.24, 2.45) is 0 Å². The number of hydrogen-bond donors (Lipinski definition) is 1. The summed E-state index contributed by atoms with van der Waals surface area (Å²) < 4.78 is 16.4. The molecule has 1 atom stereocenters. The van der Waals surface area contributed by atoms with Crippen LogP contribution in [-0.2, 0) is 15.0 Å². The Morgan fingerprint density at radius 3 is 2.38 bits per heavy atom. The average molecular weight is 462 g/mol. The van der Waals surface area contributed by atoms with Crippen molar-refractivity contribution in [1.82, 2.24) is 0 Å². The largest absolute Gasteiger partial charge is 0.507 e. The molecule has 4 rings (SSSR count). The summed E-state index contributed by atoms with van der Waals surface area (Å²) in [5.41, 5.74) is 1.39. The van der Waals surface area contributed by atoms with Crippen molar-refractivity contribution in [3.8, 4) is 11.5 Å². The standard InChI is InChI=1S/C27H27NO6/c1-27(2,3)19-14-16(11-12-20(19)33-5)24(29)22-23(21-10-7-13-34-21)28(26(31)25(22)30)17-8-6-9-18(15-17)32-4/h6-15,23,29H,1-5H3/b24-22-. The number of nitrogens with zero attached hydrogens (tertiary/aromatic N) is 1. The Morgan fingerprint density at radius 2 is 1.76 bits per heavy atom. The molecule has 3 aromatic rings. The quantitative estimate of drug-likeness (QED) is 0.318. The maximum absolute atomic E-state index is 13.3. The number of Topliss-reactive ketones (excluding diaryl/α,β-unsaturated/α-hetero) is 1. The fraction of sp³-hybridized carbons (Fsp3) is 0.259. The van der Waals surface area contributed by atoms with Crippen LogP contribution in [0.1, 0.15) is 43.7 Å². The highest BCUT2D eigenvalue weighted by molar-refractivity contribution is 6.51. The summed E-state index contributed by atoms with van der Waals surface area (Å²) in [6.07, 6.45) is 1.46. The third kappa shape index (κ3) is 3.94. The van der Waals surface area contributed by atoms with Gasteiger partial charge in [0.15, 0.2) is 0 Å². The molecule has 34 heavy (non-hydrogen) atoms. The molecule has 7 nitrogen and oxygen atoms in total. The molecule has 0 aliphatic carbocycles. The first-order valence-corrected chi connectivity index (χ1v) is 10.8. The van der Waals surface area contributed by atoms with Gasteiger partial charge >= 0.3 is 0 Å². The lowest BCUT2D eigenvalue weighted by molar-refractivity contribution is -0.132. The Kier molecular flexibility index (Phi) is 5.96. The van der Waals surface area contributed by atoms with Crippen molar-refractivity contribution in [3.05, 3.63) is 83.3 Å². The zero-order valence-electron chi connectivity index (χ0n) is 19.8. The van der Waals surface area contributed by atoms with Crippen LogP contribution in [0.4, 0.5) is 5.69 Å². The van der Waals surface area contributed by atoms with Crippen LogP contribution < -0.4 is 14.4 Å². The van der Waals surface area contributed by atoms with Gasteiger partial charge in [0.1, 0.15) is 29.1 Å². The first-order valence-electron chi connectivity index (χ1n) is 10.8. The molecule has 176 valence electrons. The SMILES string of the molecule is COc1cccc(N2C(=O)C(=O)/C(=C(\O)c3ccc(OC)c(C(C)(C)C)c3)C2c2ccco2)c1. The predicted molar refractivity (Wildman–Crippen MR) is 128 cm³/mol. The Labute approximate surface area is 198 Å². The van der Waals surface area contributed by atoms with Crippen molar-refractivity contribution in [3.63, 3.8) is 0 Å². The van der Waals surface area contributed by atoms with Crippen molar-refractivity contribution in [2.75, 3.05) is 19.1 Å². The smallest absolute Gasteiger partial charge is 0.300 e. The van der Waals surface area contributed by atoms with Crippen LogP contribution >= 0.6 is 0 Å². The number of benzene rings is 2. The number of amides is 1. The number of carbonyl (C=O) groups excluding carboxylic acids is 2. The number of aliphatic hydroxyl groups excluding tert-OH is 1. The Morgan fingerprint density at radius 1 is 1.00 bits per heavy atom. The van der Waals surface area contributed by atoms with Gasteiger partial charge in [0.25, 0.3) is 11.7 Å². The van der Waals surface area contributed by atoms with E-state index in [-0.39, 0.29) is 16.7 Å². The molecule has 1 unspecified atom stereocenters. The molecular formula is C27H27NO6. The lowest BCUT2D eigenvalue weighted by Gasteiger charge is -2.24. The molecule has 1 N–H and O–H groups in total. The highest BCUT2D eigenvalue weighted by Gasteiger charge is 2.48. The van der Waals surface area contributed by atoms with Gasteiger partial charge in [-0.15, -0.1) is 0 Å². The van der Waals surface area contributed by atoms with Crippen LogP contribution in [0.25, 0.3) is 5.76 Å². The summed E-state index contributed by atoms with van der Waals surface area (Å²) in [6.45, 7) is 6.08. The monoisotopic (exact) mass is 461 g/mol. The number of rotatable bonds is 5. The van der Waals surface area contributed by atoms with Crippen LogP contribution in [0.5, 0.6) is 11.5 Å². The number of methoxy groups -OCH3 is 2. The van der Waals surface area contributed by atoms with E-state index in [1.165, 1.54) is 18.3 Å². The summed E-state index contributed by atoms with van der Waals surface area (Å²) in [5.74, 6) is -0.284. The summed E-state index contributed by atoms with van der Waals surface area (Å²) >= 11 is 0. The second-order valence-corrected chi connectivity index (χ2v) is 9.05. The van der Waals surface area contributed by atoms with Gasteiger partial charge in [-0.05, 0) is 47.9 Å². The molecule has 1 aromatic heterocycles. The maximum Gasteiger partial charge on any atom is 0.300 e. The minimum absolute atomic E-state index is 0.0483. The maximum atomic E-state index is 13.3. The third-order valence-electron chi connectivity index (χ3n) is 5.87. The fourth-order valence-electron chi connectivity index (χ4n) is 4.17. The summed E-state index contributed by atoms with van der Waals surface area (Å²) in [6, 6.07) is 14.4. The van der Waals surface area contributed by atoms with Gasteiger partial charge in [0, 0.05) is 22.9 Å². The topological polar surface area (TPSA) is 89.2 Å². The molecule has 1 aliphatic heterocycles. The van der Waals surface area contributed by atoms with Gasteiger partial charge < -0.3 is 19.0 Å². The lowest BCUT2D eigenvalue weighted by atomic mass is 9.84. The van der Waals surface area contributed by atoms with E-state index in [0.29, 0.717) is 28.5 Å². The van der Waals surface area contributed by atoms with Gasteiger partial charge in [-0.1, -0.05) is 26.8 Å². The first-order chi connectivity index (χ1) is 16.2. The number of ketones is 1. The van der Waals surface area contributed by atoms with Crippen LogP contribution in [0.2, 0.25) is 0 Å². The lowest BCUT2D eigenvalue weighted by Crippen LogP contribution is -2.29. The van der Waals surface area contributed by atoms with E-state index in [2.05, 4.69) is 0 Å². The zero-order chi connectivity index (χ0) is 24.6. The van der Waals surface area contributed by atoms with Crippen molar-refractivity contribution >= 4 is 23.1 Å². The van der Waals surface area contributed by atoms with E-state index < -0.39 is 17.7 Å². The normalized spacial score (nSPS) is 17.8. The van der Waals surface area contributed by atoms with E-state index in [1.54, 1.807) is 61.7 Å². The summed E-state index contributed by atoms with van der Waals surface area (Å²) in [7, 11) is 3.11. The number of ether oxygens (including phenoxy) is 2. The Balaban J connectivity index is 1.93. The summed E-state index contributed by atoms with van der Waals surface area (Å²) in [4.78, 5) is 27.8. The van der Waals surface area contributed by atoms with Gasteiger partial charge in [0.2, 0.25) is 0 Å². The van der Waals surface area contributed by atoms with Crippen LogP contribution in [0, 0.1) is 0 Å². The second-order valence-electron chi connectivity index (χ2n) is 9.05. The Bertz CT molecular complexity index is 1270. The van der Waals surface area contributed by atoms with Gasteiger partial charge in [-0.2, -0.15) is 0 Å². The molecule has 1 aliphatic rings. The molecule has 0 saturated carbocycles. The minimum Gasteiger partial charge on any atom is -0.507 e. The number of furan rings is 1. The third-order valence-corrected chi connectivity index (χ3v) is 5.87. The van der Waals surface area contributed by atoms with Crippen LogP contribution in [0.15, 0.2) is 70.9 Å². The van der Waals surface area contributed by atoms with Gasteiger partial charge in [-0.25, -0.2) is 0 Å². The average Bonchev–Trinajstić information content (AvgIpc) is 3.44. The molecule has 1 saturated heterocycles. The van der Waals surface area contributed by atoms with E-state index in [1.807, 2.05) is 20.8 Å². The molecular weight excluding hydrogens is 434 g/mol. The van der Waals surface area contributed by atoms with Crippen molar-refractivity contribution in [1.29, 1.82) is 0 Å². The van der Waals surface area contributed by atoms with E-state index in [9.17, 15) is 14.7 Å². The molecule has 2 heterocycles. The molecule has 2 aromatic carbocycles. The zero-order valence-corrected chi connectivity index (χ0v) is 19.8. The molecule has 1 amide bonds. The van der Waals surface area contributed by atoms with Crippen molar-refractivity contribution < 1.29 is 28.6 Å². The summed E-state index contributed by atoms with van der Waals surface area (Å²) in [5, 5.41) is 11.4. The van der Waals surface area contributed by atoms with Crippen LogP contribution in [-0.4, -0.2) is 31.0 Å². The van der Waals surface area contributed by atoms with Crippen molar-refractivity contribution in [2.45, 2.75) is 32.2 Å². The highest BCUT2D eigenvalue weighted by atomic mass is 16.5. The number of carbonyl (C=O) groups is 2. The highest BCUT2D eigenvalue weighted by Crippen LogP contribution is 2.43. The molecule has 1 fully saturated rings. The van der Waals surface area contributed by atoms with Gasteiger partial charge in [0.05, 0.1) is 26.1 Å². The molecule has 7 heteroatoms. The molecule has 0 bridgehead atoms. The Hall–Kier alpha value is -4.00. The minimum atomic E-state index is -0.942. The van der Waals surface area contributed by atoms with E-state index in [4.69, 9.17) is 13.9 Å². The predicted octanol–water partition coefficient (Wildman–Crippen LogP) is 5.22. The van der Waals surface area contributed by atoms with E-state index in [0.717, 1.165) is 5.56 Å². The van der Waals surface area contributed by atoms with Crippen LogP contribution in [0.3, 0.4) is 0 Å². The molecule has 0 radical (unpaired) electrons. The first kappa shape index (κ1) is 23.2.